The van der Waals surface area contributed by atoms with Gasteiger partial charge in [0.25, 0.3) is 0 Å². The van der Waals surface area contributed by atoms with Gasteiger partial charge in [-0.25, -0.2) is 0 Å². The average molecular weight is 241 g/mol. The first-order valence-electron chi connectivity index (χ1n) is 5.95. The monoisotopic (exact) mass is 241 g/mol. The van der Waals surface area contributed by atoms with Gasteiger partial charge in [-0.1, -0.05) is 12.1 Å². The summed E-state index contributed by atoms with van der Waals surface area (Å²) in [6, 6.07) is -0.333. The molecule has 1 fully saturated rings. The van der Waals surface area contributed by atoms with Crippen molar-refractivity contribution in [2.75, 3.05) is 20.3 Å². The minimum absolute atomic E-state index is 0.182. The topological polar surface area (TPSA) is 83.4 Å². The van der Waals surface area contributed by atoms with Gasteiger partial charge >= 0.3 is 0 Å². The number of rotatable bonds is 5. The fourth-order valence-electron chi connectivity index (χ4n) is 2.14. The van der Waals surface area contributed by atoms with Crippen molar-refractivity contribution in [1.82, 2.24) is 10.1 Å². The van der Waals surface area contributed by atoms with Crippen LogP contribution in [-0.2, 0) is 9.47 Å². The molecule has 1 aromatic rings. The summed E-state index contributed by atoms with van der Waals surface area (Å²) >= 11 is 0. The van der Waals surface area contributed by atoms with Crippen LogP contribution in [0.5, 0.6) is 0 Å². The minimum Gasteiger partial charge on any atom is -0.383 e. The Morgan fingerprint density at radius 2 is 2.41 bits per heavy atom. The lowest BCUT2D eigenvalue weighted by molar-refractivity contribution is 0.0953. The summed E-state index contributed by atoms with van der Waals surface area (Å²) in [5, 5.41) is 3.90. The molecule has 1 aromatic heterocycles. The Bertz CT molecular complexity index is 355. The summed E-state index contributed by atoms with van der Waals surface area (Å²) in [5.74, 6) is 1.34. The third-order valence-corrected chi connectivity index (χ3v) is 3.06. The van der Waals surface area contributed by atoms with Crippen molar-refractivity contribution in [1.29, 1.82) is 0 Å². The number of hydrogen-bond donors (Lipinski definition) is 1. The average Bonchev–Trinajstić information content (AvgIpc) is 2.97. The fourth-order valence-corrected chi connectivity index (χ4v) is 2.14. The highest BCUT2D eigenvalue weighted by molar-refractivity contribution is 5.02. The van der Waals surface area contributed by atoms with E-state index in [-0.39, 0.29) is 18.1 Å². The van der Waals surface area contributed by atoms with E-state index in [1.807, 2.05) is 0 Å². The molecule has 2 heterocycles. The van der Waals surface area contributed by atoms with Crippen LogP contribution >= 0.6 is 0 Å². The fraction of sp³-hybridized carbons (Fsp3) is 0.818. The van der Waals surface area contributed by atoms with Crippen LogP contribution in [0.2, 0.25) is 0 Å². The van der Waals surface area contributed by atoms with Crippen molar-refractivity contribution < 1.29 is 14.0 Å². The second kappa shape index (κ2) is 5.57. The SMILES string of the molecule is CCC1OCCC1c1nc(C(N)COC)no1. The molecular formula is C11H19N3O3. The van der Waals surface area contributed by atoms with Gasteiger partial charge in [0, 0.05) is 13.7 Å². The number of aromatic nitrogens is 2. The Balaban J connectivity index is 2.07. The normalized spacial score (nSPS) is 26.3. The zero-order chi connectivity index (χ0) is 12.3. The Morgan fingerprint density at radius 3 is 3.12 bits per heavy atom. The van der Waals surface area contributed by atoms with Crippen LogP contribution in [0.4, 0.5) is 0 Å². The van der Waals surface area contributed by atoms with E-state index in [1.165, 1.54) is 0 Å². The molecule has 2 N–H and O–H groups in total. The van der Waals surface area contributed by atoms with Gasteiger partial charge < -0.3 is 19.7 Å². The van der Waals surface area contributed by atoms with Gasteiger partial charge in [-0.15, -0.1) is 0 Å². The highest BCUT2D eigenvalue weighted by Crippen LogP contribution is 2.32. The second-order valence-corrected chi connectivity index (χ2v) is 4.27. The summed E-state index contributed by atoms with van der Waals surface area (Å²) < 4.78 is 15.8. The predicted molar refractivity (Wildman–Crippen MR) is 60.5 cm³/mol. The maximum atomic E-state index is 5.84. The molecule has 1 aliphatic rings. The van der Waals surface area contributed by atoms with Gasteiger partial charge in [-0.05, 0) is 12.8 Å². The maximum absolute atomic E-state index is 5.84. The highest BCUT2D eigenvalue weighted by Gasteiger charge is 2.33. The Morgan fingerprint density at radius 1 is 1.59 bits per heavy atom. The van der Waals surface area contributed by atoms with Crippen LogP contribution in [0.15, 0.2) is 4.52 Å². The van der Waals surface area contributed by atoms with E-state index in [9.17, 15) is 0 Å². The van der Waals surface area contributed by atoms with Crippen LogP contribution in [0.25, 0.3) is 0 Å². The second-order valence-electron chi connectivity index (χ2n) is 4.27. The van der Waals surface area contributed by atoms with Crippen LogP contribution in [0, 0.1) is 0 Å². The van der Waals surface area contributed by atoms with Crippen molar-refractivity contribution in [2.45, 2.75) is 37.8 Å². The van der Waals surface area contributed by atoms with Crippen LogP contribution < -0.4 is 5.73 Å². The van der Waals surface area contributed by atoms with Crippen molar-refractivity contribution in [2.24, 2.45) is 5.73 Å². The number of nitrogens with zero attached hydrogens (tertiary/aromatic N) is 2. The molecule has 2 rings (SSSR count). The molecule has 0 aromatic carbocycles. The number of methoxy groups -OCH3 is 1. The van der Waals surface area contributed by atoms with Gasteiger partial charge in [-0.2, -0.15) is 4.98 Å². The number of ether oxygens (including phenoxy) is 2. The van der Waals surface area contributed by atoms with Crippen molar-refractivity contribution >= 4 is 0 Å². The summed E-state index contributed by atoms with van der Waals surface area (Å²) in [4.78, 5) is 4.35. The first-order chi connectivity index (χ1) is 8.26. The van der Waals surface area contributed by atoms with E-state index >= 15 is 0 Å². The number of hydrogen-bond acceptors (Lipinski definition) is 6. The highest BCUT2D eigenvalue weighted by atomic mass is 16.5. The largest absolute Gasteiger partial charge is 0.383 e. The molecule has 0 aliphatic carbocycles. The van der Waals surface area contributed by atoms with E-state index in [1.54, 1.807) is 7.11 Å². The predicted octanol–water partition coefficient (Wildman–Crippen LogP) is 0.998. The zero-order valence-corrected chi connectivity index (χ0v) is 10.3. The van der Waals surface area contributed by atoms with Gasteiger partial charge in [0.05, 0.1) is 24.7 Å². The van der Waals surface area contributed by atoms with E-state index < -0.39 is 0 Å². The Hall–Kier alpha value is -0.980. The summed E-state index contributed by atoms with van der Waals surface area (Å²) in [7, 11) is 1.60. The lowest BCUT2D eigenvalue weighted by Gasteiger charge is -2.11. The molecule has 96 valence electrons. The molecular weight excluding hydrogens is 222 g/mol. The third-order valence-electron chi connectivity index (χ3n) is 3.06. The van der Waals surface area contributed by atoms with Gasteiger partial charge in [0.2, 0.25) is 5.89 Å². The standard InChI is InChI=1S/C11H19N3O3/c1-3-9-7(4-5-16-9)11-13-10(14-17-11)8(12)6-15-2/h7-9H,3-6,12H2,1-2H3. The van der Waals surface area contributed by atoms with Gasteiger partial charge in [0.1, 0.15) is 0 Å². The first kappa shape index (κ1) is 12.5. The summed E-state index contributed by atoms with van der Waals surface area (Å²) in [5.41, 5.74) is 5.84. The van der Waals surface area contributed by atoms with Gasteiger partial charge in [0.15, 0.2) is 5.82 Å². The molecule has 3 atom stereocenters. The first-order valence-corrected chi connectivity index (χ1v) is 5.95. The van der Waals surface area contributed by atoms with Crippen molar-refractivity contribution in [3.63, 3.8) is 0 Å². The quantitative estimate of drug-likeness (QED) is 0.828. The lowest BCUT2D eigenvalue weighted by Crippen LogP contribution is -2.18. The zero-order valence-electron chi connectivity index (χ0n) is 10.3. The molecule has 0 amide bonds. The molecule has 1 aliphatic heterocycles. The molecule has 0 spiro atoms. The van der Waals surface area contributed by atoms with Crippen LogP contribution in [0.1, 0.15) is 43.4 Å². The van der Waals surface area contributed by atoms with Crippen LogP contribution in [0.3, 0.4) is 0 Å². The van der Waals surface area contributed by atoms with Crippen molar-refractivity contribution in [3.05, 3.63) is 11.7 Å². The molecule has 6 nitrogen and oxygen atoms in total. The van der Waals surface area contributed by atoms with E-state index in [0.29, 0.717) is 18.3 Å². The van der Waals surface area contributed by atoms with Gasteiger partial charge in [-0.3, -0.25) is 0 Å². The lowest BCUT2D eigenvalue weighted by atomic mass is 10.00. The van der Waals surface area contributed by atoms with Crippen LogP contribution in [-0.4, -0.2) is 36.6 Å². The van der Waals surface area contributed by atoms with E-state index in [0.717, 1.165) is 19.4 Å². The van der Waals surface area contributed by atoms with Crippen molar-refractivity contribution in [3.8, 4) is 0 Å². The maximum Gasteiger partial charge on any atom is 0.232 e. The Labute approximate surface area is 100 Å². The molecule has 1 saturated heterocycles. The molecule has 0 radical (unpaired) electrons. The minimum atomic E-state index is -0.333. The third kappa shape index (κ3) is 2.65. The number of nitrogens with two attached hydrogens (primary N) is 1. The molecule has 0 saturated carbocycles. The molecule has 17 heavy (non-hydrogen) atoms. The molecule has 0 bridgehead atoms. The summed E-state index contributed by atoms with van der Waals surface area (Å²) in [6.07, 6.45) is 2.06. The van der Waals surface area contributed by atoms with E-state index in [2.05, 4.69) is 17.1 Å². The summed E-state index contributed by atoms with van der Waals surface area (Å²) in [6.45, 7) is 3.24. The molecule has 3 unspecified atom stereocenters. The van der Waals surface area contributed by atoms with E-state index in [4.69, 9.17) is 19.7 Å². The Kier molecular flexibility index (Phi) is 4.09. The molecule has 6 heteroatoms. The smallest absolute Gasteiger partial charge is 0.232 e.